The Hall–Kier alpha value is -2.40. The summed E-state index contributed by atoms with van der Waals surface area (Å²) in [6.45, 7) is 6.09. The van der Waals surface area contributed by atoms with Crippen LogP contribution in [0.5, 0.6) is 0 Å². The highest BCUT2D eigenvalue weighted by atomic mass is 35.5. The van der Waals surface area contributed by atoms with Gasteiger partial charge in [-0.3, -0.25) is 9.59 Å². The number of carbonyl (C=O) groups excluding carboxylic acids is 2. The van der Waals surface area contributed by atoms with E-state index in [1.807, 2.05) is 19.9 Å². The van der Waals surface area contributed by atoms with Gasteiger partial charge in [0.15, 0.2) is 0 Å². The second-order valence-electron chi connectivity index (χ2n) is 6.62. The molecule has 0 fully saturated rings. The van der Waals surface area contributed by atoms with Crippen LogP contribution in [0.15, 0.2) is 36.4 Å². The molecule has 0 aromatic heterocycles. The first-order valence-electron chi connectivity index (χ1n) is 8.83. The van der Waals surface area contributed by atoms with E-state index in [2.05, 4.69) is 5.32 Å². The van der Waals surface area contributed by atoms with Gasteiger partial charge in [0.25, 0.3) is 0 Å². The van der Waals surface area contributed by atoms with Gasteiger partial charge in [0, 0.05) is 26.4 Å². The quantitative estimate of drug-likeness (QED) is 0.755. The van der Waals surface area contributed by atoms with Crippen molar-refractivity contribution in [1.82, 2.24) is 4.90 Å². The number of nitrogens with one attached hydrogen (secondary N) is 1. The normalized spacial score (nSPS) is 10.6. The molecule has 0 bridgehead atoms. The minimum atomic E-state index is -0.288. The maximum Gasteiger partial charge on any atom is 0.226 e. The molecule has 0 radical (unpaired) electrons. The largest absolute Gasteiger partial charge is 0.342 e. The van der Waals surface area contributed by atoms with Crippen molar-refractivity contribution in [3.05, 3.63) is 63.9 Å². The number of aryl methyl sites for hydroxylation is 2. The van der Waals surface area contributed by atoms with Crippen molar-refractivity contribution < 1.29 is 14.0 Å². The van der Waals surface area contributed by atoms with Crippen LogP contribution in [0.1, 0.15) is 30.0 Å². The number of benzene rings is 2. The Morgan fingerprint density at radius 3 is 2.37 bits per heavy atom. The molecule has 0 heterocycles. The molecule has 2 amide bonds. The van der Waals surface area contributed by atoms with Gasteiger partial charge in [0.1, 0.15) is 5.82 Å². The molecule has 0 atom stereocenters. The summed E-state index contributed by atoms with van der Waals surface area (Å²) in [6.07, 6.45) is 0.775. The van der Waals surface area contributed by atoms with Crippen LogP contribution in [0.25, 0.3) is 0 Å². The summed E-state index contributed by atoms with van der Waals surface area (Å²) in [6, 6.07) is 9.94. The number of hydrogen-bond donors (Lipinski definition) is 1. The second-order valence-corrected chi connectivity index (χ2v) is 7.03. The van der Waals surface area contributed by atoms with Gasteiger partial charge in [0.2, 0.25) is 11.8 Å². The molecule has 2 aromatic carbocycles. The van der Waals surface area contributed by atoms with E-state index >= 15 is 0 Å². The van der Waals surface area contributed by atoms with Crippen LogP contribution in [0.2, 0.25) is 5.02 Å². The Labute approximate surface area is 164 Å². The third kappa shape index (κ3) is 6.36. The van der Waals surface area contributed by atoms with E-state index in [1.165, 1.54) is 19.1 Å². The van der Waals surface area contributed by atoms with E-state index in [9.17, 15) is 14.0 Å². The molecule has 27 heavy (non-hydrogen) atoms. The molecule has 2 rings (SSSR count). The van der Waals surface area contributed by atoms with Crippen LogP contribution >= 0.6 is 11.6 Å². The van der Waals surface area contributed by atoms with Crippen molar-refractivity contribution in [3.63, 3.8) is 0 Å². The molecule has 0 aliphatic rings. The Kier molecular flexibility index (Phi) is 7.36. The zero-order chi connectivity index (χ0) is 20.0. The second kappa shape index (κ2) is 9.51. The maximum atomic E-state index is 13.0. The maximum absolute atomic E-state index is 13.0. The van der Waals surface area contributed by atoms with Crippen LogP contribution in [0.4, 0.5) is 10.1 Å². The van der Waals surface area contributed by atoms with Crippen molar-refractivity contribution in [3.8, 4) is 0 Å². The van der Waals surface area contributed by atoms with Gasteiger partial charge >= 0.3 is 0 Å². The molecule has 0 unspecified atom stereocenters. The molecule has 2 aromatic rings. The fourth-order valence-electron chi connectivity index (χ4n) is 2.85. The first kappa shape index (κ1) is 20.9. The smallest absolute Gasteiger partial charge is 0.226 e. The Balaban J connectivity index is 1.90. The number of carbonyl (C=O) groups is 2. The monoisotopic (exact) mass is 390 g/mol. The van der Waals surface area contributed by atoms with E-state index in [-0.39, 0.29) is 24.1 Å². The first-order chi connectivity index (χ1) is 12.8. The van der Waals surface area contributed by atoms with Gasteiger partial charge in [-0.05, 0) is 55.2 Å². The third-order valence-corrected chi connectivity index (χ3v) is 4.63. The van der Waals surface area contributed by atoms with E-state index in [1.54, 1.807) is 23.1 Å². The van der Waals surface area contributed by atoms with Crippen LogP contribution in [0.3, 0.4) is 0 Å². The minimum Gasteiger partial charge on any atom is -0.342 e. The van der Waals surface area contributed by atoms with E-state index in [0.29, 0.717) is 30.2 Å². The fraction of sp³-hybridized carbons (Fsp3) is 0.333. The minimum absolute atomic E-state index is 0.102. The van der Waals surface area contributed by atoms with Crippen LogP contribution in [0, 0.1) is 19.7 Å². The zero-order valence-corrected chi connectivity index (χ0v) is 16.6. The predicted molar refractivity (Wildman–Crippen MR) is 107 cm³/mol. The van der Waals surface area contributed by atoms with Gasteiger partial charge in [-0.25, -0.2) is 4.39 Å². The van der Waals surface area contributed by atoms with Gasteiger partial charge in [-0.15, -0.1) is 0 Å². The Morgan fingerprint density at radius 2 is 1.78 bits per heavy atom. The highest BCUT2D eigenvalue weighted by Crippen LogP contribution is 2.27. The predicted octanol–water partition coefficient (Wildman–Crippen LogP) is 4.52. The summed E-state index contributed by atoms with van der Waals surface area (Å²) in [5, 5.41) is 3.33. The van der Waals surface area contributed by atoms with E-state index in [0.717, 1.165) is 16.7 Å². The summed E-state index contributed by atoms with van der Waals surface area (Å²) in [7, 11) is 0. The summed E-state index contributed by atoms with van der Waals surface area (Å²) >= 11 is 6.21. The van der Waals surface area contributed by atoms with Crippen LogP contribution in [-0.4, -0.2) is 29.8 Å². The number of amides is 2. The number of rotatable bonds is 7. The summed E-state index contributed by atoms with van der Waals surface area (Å²) in [5.41, 5.74) is 3.47. The molecule has 0 saturated carbocycles. The number of hydrogen-bond acceptors (Lipinski definition) is 2. The van der Waals surface area contributed by atoms with E-state index < -0.39 is 0 Å². The molecule has 1 N–H and O–H groups in total. The molecule has 0 aliphatic carbocycles. The van der Waals surface area contributed by atoms with Crippen LogP contribution < -0.4 is 5.32 Å². The highest BCUT2D eigenvalue weighted by Gasteiger charge is 2.13. The van der Waals surface area contributed by atoms with Gasteiger partial charge < -0.3 is 10.2 Å². The molecule has 144 valence electrons. The van der Waals surface area contributed by atoms with Gasteiger partial charge in [-0.1, -0.05) is 29.8 Å². The number of halogens is 2. The number of nitrogens with zero attached hydrogens (tertiary/aromatic N) is 1. The highest BCUT2D eigenvalue weighted by molar-refractivity contribution is 6.34. The lowest BCUT2D eigenvalue weighted by Gasteiger charge is -2.21. The molecule has 0 aliphatic heterocycles. The topological polar surface area (TPSA) is 49.4 Å². The molecular weight excluding hydrogens is 367 g/mol. The van der Waals surface area contributed by atoms with Gasteiger partial charge in [0.05, 0.1) is 10.7 Å². The first-order valence-corrected chi connectivity index (χ1v) is 9.20. The average Bonchev–Trinajstić information content (AvgIpc) is 2.59. The summed E-state index contributed by atoms with van der Waals surface area (Å²) < 4.78 is 13.0. The van der Waals surface area contributed by atoms with Crippen LogP contribution in [-0.2, 0) is 16.0 Å². The third-order valence-electron chi connectivity index (χ3n) is 4.33. The van der Waals surface area contributed by atoms with E-state index in [4.69, 9.17) is 11.6 Å². The van der Waals surface area contributed by atoms with Crippen molar-refractivity contribution in [2.75, 3.05) is 18.4 Å². The number of anilines is 1. The molecule has 6 heteroatoms. The van der Waals surface area contributed by atoms with Gasteiger partial charge in [-0.2, -0.15) is 0 Å². The van der Waals surface area contributed by atoms with Crippen molar-refractivity contribution in [2.24, 2.45) is 0 Å². The molecule has 0 saturated heterocycles. The zero-order valence-electron chi connectivity index (χ0n) is 15.8. The van der Waals surface area contributed by atoms with Crippen molar-refractivity contribution in [1.29, 1.82) is 0 Å². The molecular formula is C21H24ClFN2O2. The lowest BCUT2D eigenvalue weighted by atomic mass is 10.1. The average molecular weight is 391 g/mol. The molecule has 4 nitrogen and oxygen atoms in total. The SMILES string of the molecule is CC(=O)N(CCC(=O)Nc1c(C)cc(C)cc1Cl)CCc1ccc(F)cc1. The fourth-order valence-corrected chi connectivity index (χ4v) is 3.22. The van der Waals surface area contributed by atoms with Crippen molar-refractivity contribution >= 4 is 29.1 Å². The molecule has 0 spiro atoms. The Morgan fingerprint density at radius 1 is 1.11 bits per heavy atom. The lowest BCUT2D eigenvalue weighted by molar-refractivity contribution is -0.129. The summed E-state index contributed by atoms with van der Waals surface area (Å²) in [4.78, 5) is 25.8. The standard InChI is InChI=1S/C21H24ClFN2O2/c1-14-12-15(2)21(19(22)13-14)24-20(27)9-11-25(16(3)26)10-8-17-4-6-18(23)7-5-17/h4-7,12-13H,8-11H2,1-3H3,(H,24,27). The lowest BCUT2D eigenvalue weighted by Crippen LogP contribution is -2.33. The van der Waals surface area contributed by atoms with Crippen molar-refractivity contribution in [2.45, 2.75) is 33.6 Å². The summed E-state index contributed by atoms with van der Waals surface area (Å²) in [5.74, 6) is -0.588. The Bertz CT molecular complexity index is 798.